The van der Waals surface area contributed by atoms with Crippen molar-refractivity contribution in [3.05, 3.63) is 235 Å². The minimum Gasteiger partial charge on any atom is -0.497 e. The van der Waals surface area contributed by atoms with Gasteiger partial charge in [0, 0.05) is 50.8 Å². The lowest BCUT2D eigenvalue weighted by Gasteiger charge is -2.37. The molecule has 0 unspecified atom stereocenters. The highest BCUT2D eigenvalue weighted by Gasteiger charge is 2.37. The molecule has 0 bridgehead atoms. The van der Waals surface area contributed by atoms with Crippen molar-refractivity contribution in [1.82, 2.24) is 0 Å². The molecule has 0 amide bonds. The van der Waals surface area contributed by atoms with E-state index in [2.05, 4.69) is 198 Å². The number of para-hydroxylation sites is 4. The molecule has 0 spiro atoms. The highest BCUT2D eigenvalue weighted by Crippen LogP contribution is 2.46. The van der Waals surface area contributed by atoms with E-state index in [1.807, 2.05) is 36.4 Å². The number of methoxy groups -OCH3 is 1. The van der Waals surface area contributed by atoms with E-state index in [0.29, 0.717) is 0 Å². The van der Waals surface area contributed by atoms with Crippen molar-refractivity contribution >= 4 is 40.2 Å². The van der Waals surface area contributed by atoms with Gasteiger partial charge in [0.25, 0.3) is 0 Å². The average Bonchev–Trinajstić information content (AvgIpc) is 3.28. The third-order valence-corrected chi connectivity index (χ3v) is 10.4. The number of hydrogen-bond donors (Lipinski definition) is 0. The van der Waals surface area contributed by atoms with Gasteiger partial charge in [-0.3, -0.25) is 0 Å². The Kier molecular flexibility index (Phi) is 9.36. The molecule has 1 aliphatic rings. The number of fused-ring (bicyclic) bond motifs is 1. The lowest BCUT2D eigenvalue weighted by Crippen LogP contribution is -2.34. The zero-order valence-corrected chi connectivity index (χ0v) is 31.1. The smallest absolute Gasteiger partial charge is 0.178 e. The number of anilines is 6. The van der Waals surface area contributed by atoms with Crippen LogP contribution < -0.4 is 19.3 Å². The van der Waals surface area contributed by atoms with Crippen molar-refractivity contribution < 1.29 is 9.47 Å². The molecule has 0 fully saturated rings. The number of benzene rings is 8. The first-order valence-corrected chi connectivity index (χ1v) is 18.9. The van der Waals surface area contributed by atoms with Crippen LogP contribution in [0.4, 0.5) is 34.1 Å². The molecular formula is C52H40N2O2. The molecule has 9 rings (SSSR count). The molecule has 0 radical (unpaired) electrons. The first-order valence-electron chi connectivity index (χ1n) is 18.9. The van der Waals surface area contributed by atoms with E-state index in [9.17, 15) is 0 Å². The molecule has 0 N–H and O–H groups in total. The predicted octanol–water partition coefficient (Wildman–Crippen LogP) is 13.7. The Balaban J connectivity index is 1.15. The monoisotopic (exact) mass is 724 g/mol. The molecule has 8 aromatic rings. The minimum atomic E-state index is -0.906. The summed E-state index contributed by atoms with van der Waals surface area (Å²) < 4.78 is 12.7. The summed E-state index contributed by atoms with van der Waals surface area (Å²) >= 11 is 0. The molecule has 1 aliphatic heterocycles. The SMILES string of the molecule is COc1ccc(-c2ccc3c(c2)OC(c2ccc(N(c4ccccc4)c4ccccc4)cc2)(c2ccc(N(c4ccccc4)c4ccccc4)cc2)C=C3)cc1. The molecule has 56 heavy (non-hydrogen) atoms. The second kappa shape index (κ2) is 15.2. The molecular weight excluding hydrogens is 685 g/mol. The molecule has 4 heteroatoms. The third kappa shape index (κ3) is 6.69. The van der Waals surface area contributed by atoms with Crippen LogP contribution in [0.15, 0.2) is 218 Å². The molecule has 0 aliphatic carbocycles. The van der Waals surface area contributed by atoms with Gasteiger partial charge in [0.1, 0.15) is 11.5 Å². The molecule has 0 atom stereocenters. The molecule has 1 heterocycles. The zero-order chi connectivity index (χ0) is 37.7. The van der Waals surface area contributed by atoms with E-state index < -0.39 is 5.60 Å². The summed E-state index contributed by atoms with van der Waals surface area (Å²) in [5.41, 5.74) is 10.8. The maximum Gasteiger partial charge on any atom is 0.178 e. The summed E-state index contributed by atoms with van der Waals surface area (Å²) in [6.07, 6.45) is 4.39. The molecule has 270 valence electrons. The quantitative estimate of drug-likeness (QED) is 0.140. The summed E-state index contributed by atoms with van der Waals surface area (Å²) in [5, 5.41) is 0. The predicted molar refractivity (Wildman–Crippen MR) is 231 cm³/mol. The molecule has 4 nitrogen and oxygen atoms in total. The van der Waals surface area contributed by atoms with Crippen molar-refractivity contribution in [1.29, 1.82) is 0 Å². The average molecular weight is 725 g/mol. The normalized spacial score (nSPS) is 12.6. The second-order valence-electron chi connectivity index (χ2n) is 13.8. The zero-order valence-electron chi connectivity index (χ0n) is 31.1. The van der Waals surface area contributed by atoms with Gasteiger partial charge in [0.15, 0.2) is 5.60 Å². The Morgan fingerprint density at radius 1 is 0.411 bits per heavy atom. The van der Waals surface area contributed by atoms with Gasteiger partial charge in [-0.15, -0.1) is 0 Å². The maximum atomic E-state index is 7.30. The van der Waals surface area contributed by atoms with Gasteiger partial charge in [0.2, 0.25) is 0 Å². The first kappa shape index (κ1) is 34.5. The Hall–Kier alpha value is -7.30. The largest absolute Gasteiger partial charge is 0.497 e. The first-order chi connectivity index (χ1) is 27.7. The van der Waals surface area contributed by atoms with Crippen LogP contribution in [0.3, 0.4) is 0 Å². The van der Waals surface area contributed by atoms with E-state index in [4.69, 9.17) is 9.47 Å². The highest BCUT2D eigenvalue weighted by atomic mass is 16.5. The summed E-state index contributed by atoms with van der Waals surface area (Å²) in [7, 11) is 1.69. The topological polar surface area (TPSA) is 24.9 Å². The molecule has 0 saturated heterocycles. The standard InChI is InChI=1S/C52H40N2O2/c1-55-50-34-24-39(25-35-50)41-23-22-40-36-37-52(56-51(40)38-41,42-26-30-48(31-27-42)53(44-14-6-2-7-15-44)45-16-8-3-9-17-45)43-28-32-49(33-29-43)54(46-18-10-4-11-19-46)47-20-12-5-13-21-47/h2-38H,1H3. The molecule has 0 saturated carbocycles. The van der Waals surface area contributed by atoms with Crippen molar-refractivity contribution in [2.45, 2.75) is 5.60 Å². The van der Waals surface area contributed by atoms with Crippen molar-refractivity contribution in [2.75, 3.05) is 16.9 Å². The Bertz CT molecular complexity index is 2350. The lowest BCUT2D eigenvalue weighted by molar-refractivity contribution is 0.161. The summed E-state index contributed by atoms with van der Waals surface area (Å²) in [6.45, 7) is 0. The fourth-order valence-electron chi connectivity index (χ4n) is 7.53. The van der Waals surface area contributed by atoms with Crippen LogP contribution >= 0.6 is 0 Å². The van der Waals surface area contributed by atoms with E-state index in [-0.39, 0.29) is 0 Å². The Labute approximate surface area is 328 Å². The van der Waals surface area contributed by atoms with Gasteiger partial charge in [-0.2, -0.15) is 0 Å². The maximum absolute atomic E-state index is 7.30. The summed E-state index contributed by atoms with van der Waals surface area (Å²) in [4.78, 5) is 4.56. The van der Waals surface area contributed by atoms with Crippen LogP contribution in [0.1, 0.15) is 16.7 Å². The number of hydrogen-bond acceptors (Lipinski definition) is 4. The van der Waals surface area contributed by atoms with E-state index >= 15 is 0 Å². The molecule has 0 aromatic heterocycles. The Morgan fingerprint density at radius 3 is 1.21 bits per heavy atom. The van der Waals surface area contributed by atoms with Gasteiger partial charge in [-0.25, -0.2) is 0 Å². The number of rotatable bonds is 10. The van der Waals surface area contributed by atoms with Crippen LogP contribution in [-0.2, 0) is 5.60 Å². The van der Waals surface area contributed by atoms with Gasteiger partial charge < -0.3 is 19.3 Å². The van der Waals surface area contributed by atoms with Crippen molar-refractivity contribution in [2.24, 2.45) is 0 Å². The molecule has 8 aromatic carbocycles. The van der Waals surface area contributed by atoms with E-state index in [0.717, 1.165) is 73.4 Å². The highest BCUT2D eigenvalue weighted by molar-refractivity contribution is 5.79. The number of ether oxygens (including phenoxy) is 2. The summed E-state index contributed by atoms with van der Waals surface area (Å²) in [6, 6.07) is 74.1. The lowest BCUT2D eigenvalue weighted by atomic mass is 9.83. The minimum absolute atomic E-state index is 0.819. The van der Waals surface area contributed by atoms with Crippen LogP contribution in [0, 0.1) is 0 Å². The van der Waals surface area contributed by atoms with Gasteiger partial charge in [-0.05, 0) is 108 Å². The fourth-order valence-corrected chi connectivity index (χ4v) is 7.53. The Morgan fingerprint density at radius 2 is 0.804 bits per heavy atom. The van der Waals surface area contributed by atoms with Crippen LogP contribution in [0.5, 0.6) is 11.5 Å². The second-order valence-corrected chi connectivity index (χ2v) is 13.8. The van der Waals surface area contributed by atoms with Gasteiger partial charge in [0.05, 0.1) is 7.11 Å². The van der Waals surface area contributed by atoms with Gasteiger partial charge in [-0.1, -0.05) is 127 Å². The van der Waals surface area contributed by atoms with E-state index in [1.165, 1.54) is 0 Å². The van der Waals surface area contributed by atoms with Crippen LogP contribution in [-0.4, -0.2) is 7.11 Å². The van der Waals surface area contributed by atoms with Gasteiger partial charge >= 0.3 is 0 Å². The van der Waals surface area contributed by atoms with Crippen LogP contribution in [0.2, 0.25) is 0 Å². The van der Waals surface area contributed by atoms with Crippen molar-refractivity contribution in [3.8, 4) is 22.6 Å². The fraction of sp³-hybridized carbons (Fsp3) is 0.0385. The van der Waals surface area contributed by atoms with Crippen LogP contribution in [0.25, 0.3) is 17.2 Å². The number of nitrogens with zero attached hydrogens (tertiary/aromatic N) is 2. The third-order valence-electron chi connectivity index (χ3n) is 10.4. The van der Waals surface area contributed by atoms with Crippen molar-refractivity contribution in [3.63, 3.8) is 0 Å². The van der Waals surface area contributed by atoms with E-state index in [1.54, 1.807) is 7.11 Å². The summed E-state index contributed by atoms with van der Waals surface area (Å²) in [5.74, 6) is 1.65.